The van der Waals surface area contributed by atoms with E-state index in [9.17, 15) is 4.79 Å². The van der Waals surface area contributed by atoms with E-state index in [1.54, 1.807) is 12.1 Å². The predicted octanol–water partition coefficient (Wildman–Crippen LogP) is 2.96. The minimum atomic E-state index is -0.964. The van der Waals surface area contributed by atoms with Crippen LogP contribution in [0.15, 0.2) is 36.5 Å². The average Bonchev–Trinajstić information content (AvgIpc) is 2.32. The Morgan fingerprint density at radius 1 is 1.41 bits per heavy atom. The molecule has 17 heavy (non-hydrogen) atoms. The van der Waals surface area contributed by atoms with E-state index in [1.807, 2.05) is 13.0 Å². The van der Waals surface area contributed by atoms with Crippen LogP contribution in [-0.4, -0.2) is 11.1 Å². The van der Waals surface area contributed by atoms with E-state index in [-0.39, 0.29) is 0 Å². The second-order valence-electron chi connectivity index (χ2n) is 2.96. The molecular formula is C13H16N2O2. The highest BCUT2D eigenvalue weighted by molar-refractivity contribution is 5.81. The lowest BCUT2D eigenvalue weighted by atomic mass is 10.1. The van der Waals surface area contributed by atoms with E-state index in [0.717, 1.165) is 18.9 Å². The van der Waals surface area contributed by atoms with E-state index in [0.29, 0.717) is 12.0 Å². The first-order valence-electron chi connectivity index (χ1n) is 5.12. The molecule has 0 fully saturated rings. The first-order valence-corrected chi connectivity index (χ1v) is 5.12. The summed E-state index contributed by atoms with van der Waals surface area (Å²) in [5.41, 5.74) is 0.691. The Labute approximate surface area is 102 Å². The van der Waals surface area contributed by atoms with Crippen LogP contribution >= 0.6 is 0 Å². The van der Waals surface area contributed by atoms with Gasteiger partial charge in [-0.15, -0.1) is 0 Å². The Kier molecular flexibility index (Phi) is 13.7. The van der Waals surface area contributed by atoms with E-state index in [4.69, 9.17) is 15.6 Å². The molecule has 0 amide bonds. The van der Waals surface area contributed by atoms with Crippen molar-refractivity contribution in [3.8, 4) is 12.1 Å². The molecule has 4 nitrogen and oxygen atoms in total. The van der Waals surface area contributed by atoms with Crippen LogP contribution in [0.4, 0.5) is 0 Å². The molecule has 0 aliphatic heterocycles. The van der Waals surface area contributed by atoms with Crippen LogP contribution in [0.1, 0.15) is 26.2 Å². The number of nitriles is 2. The number of allylic oxidation sites excluding steroid dienone is 4. The summed E-state index contributed by atoms with van der Waals surface area (Å²) in [5.74, 6) is -0.964. The molecule has 4 heteroatoms. The van der Waals surface area contributed by atoms with E-state index >= 15 is 0 Å². The third kappa shape index (κ3) is 16.4. The highest BCUT2D eigenvalue weighted by atomic mass is 16.4. The van der Waals surface area contributed by atoms with Crippen molar-refractivity contribution in [2.45, 2.75) is 26.2 Å². The summed E-state index contributed by atoms with van der Waals surface area (Å²) >= 11 is 0. The molecule has 0 atom stereocenters. The molecule has 0 aromatic rings. The number of carbonyl (C=O) groups is 1. The summed E-state index contributed by atoms with van der Waals surface area (Å²) in [4.78, 5) is 10.3. The number of carboxylic acid groups (broad SMARTS) is 1. The monoisotopic (exact) mass is 232 g/mol. The van der Waals surface area contributed by atoms with Crippen LogP contribution in [0.3, 0.4) is 0 Å². The number of carboxylic acids is 1. The number of hydrogen-bond acceptors (Lipinski definition) is 3. The van der Waals surface area contributed by atoms with Crippen LogP contribution in [0.5, 0.6) is 0 Å². The van der Waals surface area contributed by atoms with Gasteiger partial charge in [-0.3, -0.25) is 0 Å². The quantitative estimate of drug-likeness (QED) is 0.448. The molecule has 0 unspecified atom stereocenters. The highest BCUT2D eigenvalue weighted by Crippen LogP contribution is 2.08. The zero-order valence-corrected chi connectivity index (χ0v) is 9.89. The fourth-order valence-electron chi connectivity index (χ4n) is 0.887. The zero-order valence-electron chi connectivity index (χ0n) is 9.89. The molecular weight excluding hydrogens is 216 g/mol. The van der Waals surface area contributed by atoms with E-state index in [2.05, 4.69) is 6.58 Å². The third-order valence-electron chi connectivity index (χ3n) is 1.59. The van der Waals surface area contributed by atoms with Crippen LogP contribution in [-0.2, 0) is 4.79 Å². The van der Waals surface area contributed by atoms with Crippen LogP contribution < -0.4 is 0 Å². The van der Waals surface area contributed by atoms with Crippen molar-refractivity contribution < 1.29 is 9.90 Å². The largest absolute Gasteiger partial charge is 0.478 e. The van der Waals surface area contributed by atoms with Crippen molar-refractivity contribution in [1.29, 1.82) is 10.5 Å². The van der Waals surface area contributed by atoms with Gasteiger partial charge in [0.25, 0.3) is 0 Å². The van der Waals surface area contributed by atoms with Crippen molar-refractivity contribution >= 4 is 5.97 Å². The van der Waals surface area contributed by atoms with Gasteiger partial charge >= 0.3 is 5.97 Å². The molecule has 0 rings (SSSR count). The predicted molar refractivity (Wildman–Crippen MR) is 65.8 cm³/mol. The fourth-order valence-corrected chi connectivity index (χ4v) is 0.887. The lowest BCUT2D eigenvalue weighted by Gasteiger charge is -1.97. The van der Waals surface area contributed by atoms with Gasteiger partial charge < -0.3 is 5.11 Å². The maximum Gasteiger partial charge on any atom is 0.328 e. The lowest BCUT2D eigenvalue weighted by molar-refractivity contribution is -0.131. The van der Waals surface area contributed by atoms with Crippen LogP contribution in [0, 0.1) is 22.7 Å². The molecule has 0 heterocycles. The summed E-state index contributed by atoms with van der Waals surface area (Å²) in [6.07, 6.45) is 7.82. The van der Waals surface area contributed by atoms with Gasteiger partial charge in [0, 0.05) is 18.2 Å². The molecule has 0 saturated heterocycles. The summed E-state index contributed by atoms with van der Waals surface area (Å²) < 4.78 is 0. The van der Waals surface area contributed by atoms with E-state index < -0.39 is 5.97 Å². The standard InChI is InChI=1S/C10H13NO2.C3H3N/c1-2-3-5-9(6-4-7-11)8-10(12)13;1-2-3-4/h4,6,8H,2-3,5H2,1H3,(H,12,13);2H,1H2. The number of rotatable bonds is 5. The van der Waals surface area contributed by atoms with Gasteiger partial charge in [-0.1, -0.05) is 19.9 Å². The van der Waals surface area contributed by atoms with Gasteiger partial charge in [-0.2, -0.15) is 10.5 Å². The molecule has 0 saturated carbocycles. The van der Waals surface area contributed by atoms with Gasteiger partial charge in [0.2, 0.25) is 0 Å². The Hall–Kier alpha value is -2.33. The van der Waals surface area contributed by atoms with Crippen molar-refractivity contribution in [2.24, 2.45) is 0 Å². The Morgan fingerprint density at radius 2 is 2.00 bits per heavy atom. The first-order chi connectivity index (χ1) is 8.12. The maximum absolute atomic E-state index is 10.3. The van der Waals surface area contributed by atoms with Gasteiger partial charge in [-0.05, 0) is 24.5 Å². The van der Waals surface area contributed by atoms with Crippen LogP contribution in [0.25, 0.3) is 0 Å². The number of aliphatic carboxylic acids is 1. The molecule has 0 aliphatic carbocycles. The van der Waals surface area contributed by atoms with Gasteiger partial charge in [0.1, 0.15) is 0 Å². The average molecular weight is 232 g/mol. The zero-order chi connectivity index (χ0) is 13.5. The molecule has 0 aromatic heterocycles. The number of hydrogen-bond donors (Lipinski definition) is 1. The maximum atomic E-state index is 10.3. The molecule has 0 spiro atoms. The van der Waals surface area contributed by atoms with Crippen molar-refractivity contribution in [3.05, 3.63) is 36.5 Å². The minimum Gasteiger partial charge on any atom is -0.478 e. The molecule has 0 aromatic carbocycles. The van der Waals surface area contributed by atoms with Crippen molar-refractivity contribution in [2.75, 3.05) is 0 Å². The van der Waals surface area contributed by atoms with Gasteiger partial charge in [-0.25, -0.2) is 4.79 Å². The van der Waals surface area contributed by atoms with Crippen molar-refractivity contribution in [3.63, 3.8) is 0 Å². The summed E-state index contributed by atoms with van der Waals surface area (Å²) in [6, 6.07) is 3.53. The normalized spacial score (nSPS) is 9.71. The molecule has 0 aliphatic rings. The highest BCUT2D eigenvalue weighted by Gasteiger charge is 1.95. The second-order valence-corrected chi connectivity index (χ2v) is 2.96. The van der Waals surface area contributed by atoms with Crippen molar-refractivity contribution in [1.82, 2.24) is 0 Å². The summed E-state index contributed by atoms with van der Waals surface area (Å²) in [7, 11) is 0. The number of nitrogens with zero attached hydrogens (tertiary/aromatic N) is 2. The molecule has 90 valence electrons. The third-order valence-corrected chi connectivity index (χ3v) is 1.59. The Morgan fingerprint density at radius 3 is 2.35 bits per heavy atom. The number of unbranched alkanes of at least 4 members (excludes halogenated alkanes) is 1. The SMILES string of the molecule is C=CC#N.CCCCC(C=CC#N)=CC(=O)O. The second kappa shape index (κ2) is 13.7. The first kappa shape index (κ1) is 17.1. The molecule has 0 radical (unpaired) electrons. The fraction of sp³-hybridized carbons (Fsp3) is 0.308. The Bertz CT molecular complexity index is 368. The topological polar surface area (TPSA) is 84.9 Å². The lowest BCUT2D eigenvalue weighted by Crippen LogP contribution is -1.90. The van der Waals surface area contributed by atoms with Gasteiger partial charge in [0.15, 0.2) is 0 Å². The minimum absolute atomic E-state index is 0.691. The van der Waals surface area contributed by atoms with E-state index in [1.165, 1.54) is 12.2 Å². The molecule has 0 bridgehead atoms. The smallest absolute Gasteiger partial charge is 0.328 e. The summed E-state index contributed by atoms with van der Waals surface area (Å²) in [6.45, 7) is 5.15. The molecule has 1 N–H and O–H groups in total. The summed E-state index contributed by atoms with van der Waals surface area (Å²) in [5, 5.41) is 24.3. The van der Waals surface area contributed by atoms with Gasteiger partial charge in [0.05, 0.1) is 12.1 Å². The van der Waals surface area contributed by atoms with Crippen LogP contribution in [0.2, 0.25) is 0 Å². The Balaban J connectivity index is 0.